The van der Waals surface area contributed by atoms with E-state index in [4.69, 9.17) is 0 Å². The lowest BCUT2D eigenvalue weighted by Crippen LogP contribution is -2.33. The molecule has 1 aromatic rings. The van der Waals surface area contributed by atoms with Crippen LogP contribution in [0.15, 0.2) is 18.2 Å². The summed E-state index contributed by atoms with van der Waals surface area (Å²) in [6, 6.07) is 2.63. The molecule has 0 spiro atoms. The van der Waals surface area contributed by atoms with Gasteiger partial charge >= 0.3 is 0 Å². The van der Waals surface area contributed by atoms with E-state index in [0.29, 0.717) is 6.42 Å². The van der Waals surface area contributed by atoms with E-state index in [9.17, 15) is 23.2 Å². The zero-order valence-corrected chi connectivity index (χ0v) is 11.2. The molecule has 5 nitrogen and oxygen atoms in total. The summed E-state index contributed by atoms with van der Waals surface area (Å²) in [4.78, 5) is 35.5. The van der Waals surface area contributed by atoms with E-state index in [0.717, 1.165) is 23.1 Å². The lowest BCUT2D eigenvalue weighted by atomic mass is 10.2. The number of benzene rings is 1. The second kappa shape index (κ2) is 6.43. The van der Waals surface area contributed by atoms with Gasteiger partial charge in [-0.3, -0.25) is 19.3 Å². The average molecular weight is 296 g/mol. The molecule has 112 valence electrons. The van der Waals surface area contributed by atoms with E-state index >= 15 is 0 Å². The predicted molar refractivity (Wildman–Crippen MR) is 69.3 cm³/mol. The van der Waals surface area contributed by atoms with Gasteiger partial charge in [-0.1, -0.05) is 0 Å². The second-order valence-electron chi connectivity index (χ2n) is 4.67. The molecule has 0 atom stereocenters. The third-order valence-corrected chi connectivity index (χ3v) is 3.17. The first-order valence-electron chi connectivity index (χ1n) is 6.55. The number of nitrogens with one attached hydrogen (secondary N) is 1. The van der Waals surface area contributed by atoms with Gasteiger partial charge < -0.3 is 5.32 Å². The minimum Gasteiger partial charge on any atom is -0.352 e. The van der Waals surface area contributed by atoms with Crippen molar-refractivity contribution in [2.45, 2.75) is 19.3 Å². The van der Waals surface area contributed by atoms with Crippen molar-refractivity contribution in [2.75, 3.05) is 13.1 Å². The quantitative estimate of drug-likeness (QED) is 0.656. The molecular formula is C14H14F2N2O3. The summed E-state index contributed by atoms with van der Waals surface area (Å²) < 4.78 is 26.3. The number of hydrogen-bond donors (Lipinski definition) is 1. The summed E-state index contributed by atoms with van der Waals surface area (Å²) in [7, 11) is 0. The molecule has 2 rings (SSSR count). The fourth-order valence-electron chi connectivity index (χ4n) is 2.08. The maximum Gasteiger partial charge on any atom is 0.254 e. The zero-order valence-electron chi connectivity index (χ0n) is 11.2. The number of rotatable bonds is 5. The van der Waals surface area contributed by atoms with Gasteiger partial charge in [-0.25, -0.2) is 8.78 Å². The van der Waals surface area contributed by atoms with Crippen molar-refractivity contribution in [3.8, 4) is 0 Å². The van der Waals surface area contributed by atoms with Gasteiger partial charge in [0.05, 0.1) is 5.56 Å². The molecular weight excluding hydrogens is 282 g/mol. The van der Waals surface area contributed by atoms with Crippen LogP contribution in [-0.4, -0.2) is 35.7 Å². The molecule has 0 unspecified atom stereocenters. The van der Waals surface area contributed by atoms with Crippen molar-refractivity contribution in [2.24, 2.45) is 0 Å². The van der Waals surface area contributed by atoms with Crippen LogP contribution in [0.4, 0.5) is 8.78 Å². The molecule has 0 bridgehead atoms. The fourth-order valence-corrected chi connectivity index (χ4v) is 2.08. The summed E-state index contributed by atoms with van der Waals surface area (Å²) in [5.74, 6) is -2.68. The van der Waals surface area contributed by atoms with Crippen LogP contribution in [0.25, 0.3) is 0 Å². The Hall–Kier alpha value is -2.31. The lowest BCUT2D eigenvalue weighted by molar-refractivity contribution is -0.138. The highest BCUT2D eigenvalue weighted by molar-refractivity contribution is 6.01. The summed E-state index contributed by atoms with van der Waals surface area (Å²) >= 11 is 0. The van der Waals surface area contributed by atoms with Crippen LogP contribution in [0, 0.1) is 11.6 Å². The molecule has 1 aromatic carbocycles. The number of hydrogen-bond acceptors (Lipinski definition) is 3. The van der Waals surface area contributed by atoms with Gasteiger partial charge in [-0.2, -0.15) is 0 Å². The van der Waals surface area contributed by atoms with Gasteiger partial charge in [0.25, 0.3) is 5.91 Å². The van der Waals surface area contributed by atoms with Crippen molar-refractivity contribution in [1.82, 2.24) is 10.2 Å². The van der Waals surface area contributed by atoms with Gasteiger partial charge in [-0.15, -0.1) is 0 Å². The highest BCUT2D eigenvalue weighted by Crippen LogP contribution is 2.12. The first-order valence-corrected chi connectivity index (χ1v) is 6.55. The number of likely N-dealkylation sites (tertiary alicyclic amines) is 1. The molecule has 1 aliphatic heterocycles. The molecule has 1 N–H and O–H groups in total. The molecule has 1 fully saturated rings. The van der Waals surface area contributed by atoms with Crippen molar-refractivity contribution in [3.63, 3.8) is 0 Å². The maximum absolute atomic E-state index is 13.4. The van der Waals surface area contributed by atoms with Crippen LogP contribution < -0.4 is 5.32 Å². The van der Waals surface area contributed by atoms with E-state index in [1.54, 1.807) is 0 Å². The maximum atomic E-state index is 13.4. The standard InChI is InChI=1S/C14H14F2N2O3/c15-9-2-3-11(16)10(8-9)14(21)17-6-1-7-18-12(19)4-5-13(18)20/h2-3,8H,1,4-7H2,(H,17,21). The minimum absolute atomic E-state index is 0.159. The number of halogens is 2. The van der Waals surface area contributed by atoms with Crippen LogP contribution >= 0.6 is 0 Å². The molecule has 0 radical (unpaired) electrons. The molecule has 3 amide bonds. The molecule has 1 saturated heterocycles. The van der Waals surface area contributed by atoms with Crippen LogP contribution in [0.2, 0.25) is 0 Å². The van der Waals surface area contributed by atoms with E-state index in [2.05, 4.69) is 5.32 Å². The Balaban J connectivity index is 1.81. The Bertz CT molecular complexity index is 574. The fraction of sp³-hybridized carbons (Fsp3) is 0.357. The molecule has 0 aromatic heterocycles. The van der Waals surface area contributed by atoms with E-state index in [-0.39, 0.29) is 43.3 Å². The highest BCUT2D eigenvalue weighted by Gasteiger charge is 2.27. The minimum atomic E-state index is -0.807. The number of nitrogens with zero attached hydrogens (tertiary/aromatic N) is 1. The van der Waals surface area contributed by atoms with Crippen molar-refractivity contribution in [1.29, 1.82) is 0 Å². The summed E-state index contributed by atoms with van der Waals surface area (Å²) in [5, 5.41) is 2.43. The highest BCUT2D eigenvalue weighted by atomic mass is 19.1. The SMILES string of the molecule is O=C(NCCCN1C(=O)CCC1=O)c1cc(F)ccc1F. The Kier molecular flexibility index (Phi) is 4.62. The van der Waals surface area contributed by atoms with Gasteiger partial charge in [0.1, 0.15) is 11.6 Å². The molecule has 0 saturated carbocycles. The smallest absolute Gasteiger partial charge is 0.254 e. The topological polar surface area (TPSA) is 66.5 Å². The third-order valence-electron chi connectivity index (χ3n) is 3.17. The Morgan fingerprint density at radius 3 is 2.52 bits per heavy atom. The molecule has 21 heavy (non-hydrogen) atoms. The number of carbonyl (C=O) groups excluding carboxylic acids is 3. The molecule has 1 heterocycles. The summed E-state index contributed by atoms with van der Waals surface area (Å²) in [6.45, 7) is 0.370. The van der Waals surface area contributed by atoms with Crippen LogP contribution in [0.1, 0.15) is 29.6 Å². The van der Waals surface area contributed by atoms with E-state index in [1.807, 2.05) is 0 Å². The Morgan fingerprint density at radius 1 is 1.19 bits per heavy atom. The number of imide groups is 1. The van der Waals surface area contributed by atoms with Gasteiger partial charge in [0, 0.05) is 25.9 Å². The second-order valence-corrected chi connectivity index (χ2v) is 4.67. The molecule has 1 aliphatic rings. The van der Waals surface area contributed by atoms with Crippen LogP contribution in [-0.2, 0) is 9.59 Å². The van der Waals surface area contributed by atoms with E-state index in [1.165, 1.54) is 0 Å². The third kappa shape index (κ3) is 3.62. The molecule has 7 heteroatoms. The monoisotopic (exact) mass is 296 g/mol. The lowest BCUT2D eigenvalue weighted by Gasteiger charge is -2.13. The van der Waals surface area contributed by atoms with Crippen molar-refractivity contribution < 1.29 is 23.2 Å². The van der Waals surface area contributed by atoms with Crippen LogP contribution in [0.5, 0.6) is 0 Å². The normalized spacial score (nSPS) is 14.7. The van der Waals surface area contributed by atoms with Gasteiger partial charge in [-0.05, 0) is 24.6 Å². The van der Waals surface area contributed by atoms with Gasteiger partial charge in [0.2, 0.25) is 11.8 Å². The van der Waals surface area contributed by atoms with Gasteiger partial charge in [0.15, 0.2) is 0 Å². The Morgan fingerprint density at radius 2 is 1.86 bits per heavy atom. The molecule has 0 aliphatic carbocycles. The summed E-state index contributed by atoms with van der Waals surface area (Å²) in [5.41, 5.74) is -0.372. The zero-order chi connectivity index (χ0) is 15.4. The van der Waals surface area contributed by atoms with Crippen molar-refractivity contribution in [3.05, 3.63) is 35.4 Å². The predicted octanol–water partition coefficient (Wildman–Crippen LogP) is 1.23. The number of carbonyl (C=O) groups is 3. The average Bonchev–Trinajstić information content (AvgIpc) is 2.77. The largest absolute Gasteiger partial charge is 0.352 e. The first kappa shape index (κ1) is 15.1. The van der Waals surface area contributed by atoms with Crippen molar-refractivity contribution >= 4 is 17.7 Å². The first-order chi connectivity index (χ1) is 9.99. The number of amides is 3. The van der Waals surface area contributed by atoms with E-state index < -0.39 is 17.5 Å². The Labute approximate surface area is 119 Å². The van der Waals surface area contributed by atoms with Crippen LogP contribution in [0.3, 0.4) is 0 Å². The summed E-state index contributed by atoms with van der Waals surface area (Å²) in [6.07, 6.45) is 0.805.